The van der Waals surface area contributed by atoms with E-state index in [1.807, 2.05) is 38.1 Å². The van der Waals surface area contributed by atoms with Gasteiger partial charge >= 0.3 is 0 Å². The number of rotatable bonds is 10. The molecular weight excluding hydrogens is 384 g/mol. The van der Waals surface area contributed by atoms with Crippen molar-refractivity contribution in [2.75, 3.05) is 32.2 Å². The molecule has 0 saturated carbocycles. The number of hydrogen-bond donors (Lipinski definition) is 4. The molecule has 0 spiro atoms. The Morgan fingerprint density at radius 1 is 1.07 bits per heavy atom. The molecule has 166 valence electrons. The molecule has 7 heteroatoms. The highest BCUT2D eigenvalue weighted by Gasteiger charge is 2.06. The second-order valence-electron chi connectivity index (χ2n) is 7.14. The summed E-state index contributed by atoms with van der Waals surface area (Å²) < 4.78 is 10.6. The van der Waals surface area contributed by atoms with Gasteiger partial charge in [-0.15, -0.1) is 0 Å². The van der Waals surface area contributed by atoms with Gasteiger partial charge in [0.05, 0.1) is 6.61 Å². The van der Waals surface area contributed by atoms with E-state index in [1.165, 1.54) is 24.6 Å². The molecule has 2 aromatic rings. The highest BCUT2D eigenvalue weighted by Crippen LogP contribution is 2.14. The summed E-state index contributed by atoms with van der Waals surface area (Å²) in [5, 5.41) is 24.4. The van der Waals surface area contributed by atoms with Crippen molar-refractivity contribution in [2.45, 2.75) is 39.3 Å². The van der Waals surface area contributed by atoms with Crippen LogP contribution < -0.4 is 15.4 Å². The summed E-state index contributed by atoms with van der Waals surface area (Å²) >= 11 is 0. The highest BCUT2D eigenvalue weighted by atomic mass is 16.5. The maximum Gasteiger partial charge on any atom is 0.221 e. The second kappa shape index (κ2) is 14.4. The molecule has 0 aliphatic rings. The van der Waals surface area contributed by atoms with Gasteiger partial charge < -0.3 is 30.3 Å². The van der Waals surface area contributed by atoms with E-state index in [0.717, 1.165) is 18.8 Å². The number of aliphatic hydroxyl groups is 1. The van der Waals surface area contributed by atoms with E-state index in [9.17, 15) is 9.90 Å². The molecule has 2 aromatic carbocycles. The number of methoxy groups -OCH3 is 1. The first-order valence-corrected chi connectivity index (χ1v) is 9.99. The van der Waals surface area contributed by atoms with Crippen LogP contribution in [0.4, 0.5) is 5.69 Å². The fourth-order valence-corrected chi connectivity index (χ4v) is 2.34. The third-order valence-corrected chi connectivity index (χ3v) is 3.91. The lowest BCUT2D eigenvalue weighted by atomic mass is 10.1. The number of anilines is 1. The van der Waals surface area contributed by atoms with Crippen molar-refractivity contribution >= 4 is 11.6 Å². The van der Waals surface area contributed by atoms with Crippen LogP contribution in [0.2, 0.25) is 0 Å². The zero-order chi connectivity index (χ0) is 22.4. The van der Waals surface area contributed by atoms with E-state index in [-0.39, 0.29) is 11.7 Å². The maximum absolute atomic E-state index is 10.5. The van der Waals surface area contributed by atoms with Crippen LogP contribution >= 0.6 is 0 Å². The minimum absolute atomic E-state index is 0.115. The van der Waals surface area contributed by atoms with Crippen LogP contribution in [0.1, 0.15) is 26.3 Å². The van der Waals surface area contributed by atoms with E-state index < -0.39 is 6.10 Å². The number of phenols is 1. The summed E-state index contributed by atoms with van der Waals surface area (Å²) in [4.78, 5) is 10.5. The number of hydrogen-bond acceptors (Lipinski definition) is 6. The molecule has 0 saturated heterocycles. The quantitative estimate of drug-likeness (QED) is 0.443. The van der Waals surface area contributed by atoms with Crippen LogP contribution in [0.15, 0.2) is 48.5 Å². The van der Waals surface area contributed by atoms with Gasteiger partial charge in [0.25, 0.3) is 0 Å². The topological polar surface area (TPSA) is 100 Å². The average Bonchev–Trinajstić information content (AvgIpc) is 2.72. The van der Waals surface area contributed by atoms with Crippen molar-refractivity contribution in [1.82, 2.24) is 5.32 Å². The van der Waals surface area contributed by atoms with Gasteiger partial charge in [-0.2, -0.15) is 0 Å². The standard InChI is InChI=1S/C15H25NO3.C8H9NO2/c1-12(2)16-10-14(17)11-19-15-6-4-13(5-7-15)8-9-18-3;1-6(10)9-7-2-4-8(11)5-3-7/h4-7,12,14,16-17H,8-11H2,1-3H3;2-5,11H,1H3,(H,9,10). The molecule has 7 nitrogen and oxygen atoms in total. The molecule has 30 heavy (non-hydrogen) atoms. The van der Waals surface area contributed by atoms with Crippen LogP contribution in [0.3, 0.4) is 0 Å². The molecule has 0 fully saturated rings. The monoisotopic (exact) mass is 418 g/mol. The van der Waals surface area contributed by atoms with E-state index in [4.69, 9.17) is 14.6 Å². The number of aliphatic hydroxyl groups excluding tert-OH is 1. The van der Waals surface area contributed by atoms with Crippen molar-refractivity contribution in [3.8, 4) is 11.5 Å². The predicted molar refractivity (Wildman–Crippen MR) is 119 cm³/mol. The Morgan fingerprint density at radius 2 is 1.70 bits per heavy atom. The summed E-state index contributed by atoms with van der Waals surface area (Å²) in [5.41, 5.74) is 1.91. The Hall–Kier alpha value is -2.61. The second-order valence-corrected chi connectivity index (χ2v) is 7.14. The molecule has 0 aromatic heterocycles. The zero-order valence-electron chi connectivity index (χ0n) is 18.2. The number of phenolic OH excluding ortho intramolecular Hbond substituents is 1. The molecular formula is C23H34N2O5. The number of ether oxygens (including phenoxy) is 2. The SMILES string of the molecule is CC(=O)Nc1ccc(O)cc1.COCCc1ccc(OCC(O)CNC(C)C)cc1. The lowest BCUT2D eigenvalue weighted by Gasteiger charge is -2.15. The third kappa shape index (κ3) is 12.1. The van der Waals surface area contributed by atoms with Crippen molar-refractivity contribution in [2.24, 2.45) is 0 Å². The van der Waals surface area contributed by atoms with E-state index >= 15 is 0 Å². The Labute approximate surface area is 179 Å². The first-order valence-electron chi connectivity index (χ1n) is 9.99. The van der Waals surface area contributed by atoms with Crippen LogP contribution in [-0.4, -0.2) is 55.1 Å². The zero-order valence-corrected chi connectivity index (χ0v) is 18.2. The summed E-state index contributed by atoms with van der Waals surface area (Å²) in [7, 11) is 1.70. The summed E-state index contributed by atoms with van der Waals surface area (Å²) in [6.45, 7) is 7.10. The summed E-state index contributed by atoms with van der Waals surface area (Å²) in [6, 6.07) is 14.6. The molecule has 1 amide bonds. The number of carbonyl (C=O) groups excluding carboxylic acids is 1. The van der Waals surface area contributed by atoms with Crippen LogP contribution in [0.25, 0.3) is 0 Å². The third-order valence-electron chi connectivity index (χ3n) is 3.91. The van der Waals surface area contributed by atoms with Gasteiger partial charge in [-0.05, 0) is 48.4 Å². The minimum atomic E-state index is -0.490. The van der Waals surface area contributed by atoms with Gasteiger partial charge in [-0.1, -0.05) is 26.0 Å². The molecule has 1 atom stereocenters. The van der Waals surface area contributed by atoms with Gasteiger partial charge in [0, 0.05) is 32.3 Å². The lowest BCUT2D eigenvalue weighted by Crippen LogP contribution is -2.35. The number of nitrogens with one attached hydrogen (secondary N) is 2. The smallest absolute Gasteiger partial charge is 0.221 e. The Balaban J connectivity index is 0.000000346. The first kappa shape index (κ1) is 25.4. The highest BCUT2D eigenvalue weighted by molar-refractivity contribution is 5.88. The fourth-order valence-electron chi connectivity index (χ4n) is 2.34. The number of aromatic hydroxyl groups is 1. The molecule has 1 unspecified atom stereocenters. The number of benzene rings is 2. The lowest BCUT2D eigenvalue weighted by molar-refractivity contribution is -0.114. The molecule has 4 N–H and O–H groups in total. The number of amides is 1. The van der Waals surface area contributed by atoms with E-state index in [2.05, 4.69) is 10.6 Å². The van der Waals surface area contributed by atoms with Crippen molar-refractivity contribution in [3.05, 3.63) is 54.1 Å². The van der Waals surface area contributed by atoms with Crippen LogP contribution in [0, 0.1) is 0 Å². The van der Waals surface area contributed by atoms with Gasteiger partial charge in [0.15, 0.2) is 0 Å². The summed E-state index contributed by atoms with van der Waals surface area (Å²) in [5.74, 6) is 0.861. The van der Waals surface area contributed by atoms with E-state index in [1.54, 1.807) is 19.2 Å². The predicted octanol–water partition coefficient (Wildman–Crippen LogP) is 2.96. The van der Waals surface area contributed by atoms with Crippen molar-refractivity contribution < 1.29 is 24.5 Å². The summed E-state index contributed by atoms with van der Waals surface area (Å²) in [6.07, 6.45) is 0.410. The van der Waals surface area contributed by atoms with Gasteiger partial charge in [-0.25, -0.2) is 0 Å². The molecule has 0 radical (unpaired) electrons. The Morgan fingerprint density at radius 3 is 2.23 bits per heavy atom. The molecule has 0 bridgehead atoms. The molecule has 2 rings (SSSR count). The molecule has 0 aliphatic heterocycles. The Kier molecular flexibility index (Phi) is 12.2. The maximum atomic E-state index is 10.5. The van der Waals surface area contributed by atoms with Crippen LogP contribution in [-0.2, 0) is 16.0 Å². The minimum Gasteiger partial charge on any atom is -0.508 e. The van der Waals surface area contributed by atoms with Gasteiger partial charge in [0.1, 0.15) is 24.2 Å². The van der Waals surface area contributed by atoms with Crippen molar-refractivity contribution in [3.63, 3.8) is 0 Å². The van der Waals surface area contributed by atoms with Crippen LogP contribution in [0.5, 0.6) is 11.5 Å². The van der Waals surface area contributed by atoms with Crippen molar-refractivity contribution in [1.29, 1.82) is 0 Å². The largest absolute Gasteiger partial charge is 0.508 e. The first-order chi connectivity index (χ1) is 14.3. The molecule has 0 aliphatic carbocycles. The Bertz CT molecular complexity index is 717. The molecule has 0 heterocycles. The fraction of sp³-hybridized carbons (Fsp3) is 0.435. The van der Waals surface area contributed by atoms with Gasteiger partial charge in [-0.3, -0.25) is 4.79 Å². The normalized spacial score (nSPS) is 11.4. The van der Waals surface area contributed by atoms with E-state index in [0.29, 0.717) is 24.9 Å². The van der Waals surface area contributed by atoms with Gasteiger partial charge in [0.2, 0.25) is 5.91 Å². The number of carbonyl (C=O) groups is 1. The average molecular weight is 419 g/mol.